The van der Waals surface area contributed by atoms with Crippen molar-refractivity contribution in [3.8, 4) is 11.5 Å². The van der Waals surface area contributed by atoms with Crippen LogP contribution in [0.15, 0.2) is 65.6 Å². The van der Waals surface area contributed by atoms with Gasteiger partial charge in [0.15, 0.2) is 11.5 Å². The summed E-state index contributed by atoms with van der Waals surface area (Å²) in [5.41, 5.74) is -0.297. The molecule has 1 heterocycles. The number of fused-ring (bicyclic) bond motifs is 1. The van der Waals surface area contributed by atoms with Gasteiger partial charge in [-0.2, -0.15) is 13.2 Å². The quantitative estimate of drug-likeness (QED) is 0.532. The number of hydrogen-bond donors (Lipinski definition) is 2. The number of amides is 1. The maximum absolute atomic E-state index is 12.9. The van der Waals surface area contributed by atoms with Gasteiger partial charge >= 0.3 is 6.18 Å². The van der Waals surface area contributed by atoms with Crippen molar-refractivity contribution in [3.05, 3.63) is 77.4 Å². The van der Waals surface area contributed by atoms with Gasteiger partial charge in [0.1, 0.15) is 13.2 Å². The van der Waals surface area contributed by atoms with E-state index in [9.17, 15) is 26.4 Å². The van der Waals surface area contributed by atoms with Crippen LogP contribution in [-0.4, -0.2) is 27.5 Å². The van der Waals surface area contributed by atoms with Gasteiger partial charge in [0.05, 0.1) is 16.1 Å². The fourth-order valence-corrected chi connectivity index (χ4v) is 4.38. The number of benzene rings is 3. The molecular formula is C23H19F3N2O5S. The first-order chi connectivity index (χ1) is 16.0. The summed E-state index contributed by atoms with van der Waals surface area (Å²) < 4.78 is 78.0. The Kier molecular flexibility index (Phi) is 6.13. The Morgan fingerprint density at radius 3 is 2.38 bits per heavy atom. The number of sulfonamides is 1. The molecule has 0 aliphatic carbocycles. The van der Waals surface area contributed by atoms with Crippen LogP contribution in [0.4, 0.5) is 24.5 Å². The average molecular weight is 492 g/mol. The second-order valence-electron chi connectivity index (χ2n) is 7.47. The van der Waals surface area contributed by atoms with Crippen molar-refractivity contribution in [3.63, 3.8) is 0 Å². The third-order valence-electron chi connectivity index (χ3n) is 5.01. The van der Waals surface area contributed by atoms with Crippen molar-refractivity contribution >= 4 is 27.3 Å². The Balaban J connectivity index is 1.57. The average Bonchev–Trinajstić information content (AvgIpc) is 2.78. The number of rotatable bonds is 5. The van der Waals surface area contributed by atoms with Gasteiger partial charge in [0, 0.05) is 17.3 Å². The van der Waals surface area contributed by atoms with Crippen molar-refractivity contribution in [2.45, 2.75) is 18.0 Å². The first-order valence-corrected chi connectivity index (χ1v) is 11.5. The second kappa shape index (κ2) is 8.90. The van der Waals surface area contributed by atoms with E-state index in [1.807, 2.05) is 0 Å². The number of alkyl halides is 3. The van der Waals surface area contributed by atoms with Crippen molar-refractivity contribution in [1.29, 1.82) is 0 Å². The lowest BCUT2D eigenvalue weighted by Crippen LogP contribution is -2.18. The summed E-state index contributed by atoms with van der Waals surface area (Å²) in [5.74, 6) is 0.155. The lowest BCUT2D eigenvalue weighted by Gasteiger charge is -2.19. The van der Waals surface area contributed by atoms with E-state index in [1.165, 1.54) is 42.5 Å². The van der Waals surface area contributed by atoms with Gasteiger partial charge in [0.25, 0.3) is 15.9 Å². The van der Waals surface area contributed by atoms with Crippen molar-refractivity contribution in [1.82, 2.24) is 0 Å². The van der Waals surface area contributed by atoms with Gasteiger partial charge in [-0.25, -0.2) is 8.42 Å². The first-order valence-electron chi connectivity index (χ1n) is 10.0. The first kappa shape index (κ1) is 23.4. The fourth-order valence-electron chi connectivity index (χ4n) is 3.31. The SMILES string of the molecule is Cc1ccc(S(=O)(=O)Nc2ccc3c(c2)OCCO3)cc1C(=O)Nc1cccc(C(F)(F)F)c1. The van der Waals surface area contributed by atoms with Crippen molar-refractivity contribution < 1.29 is 35.9 Å². The van der Waals surface area contributed by atoms with Gasteiger partial charge < -0.3 is 14.8 Å². The Bertz CT molecular complexity index is 1360. The van der Waals surface area contributed by atoms with Gasteiger partial charge in [-0.05, 0) is 55.0 Å². The lowest BCUT2D eigenvalue weighted by atomic mass is 10.1. The molecule has 1 aliphatic heterocycles. The van der Waals surface area contributed by atoms with Crippen LogP contribution in [-0.2, 0) is 16.2 Å². The molecule has 2 N–H and O–H groups in total. The van der Waals surface area contributed by atoms with Crippen LogP contribution in [0.1, 0.15) is 21.5 Å². The predicted molar refractivity (Wildman–Crippen MR) is 119 cm³/mol. The lowest BCUT2D eigenvalue weighted by molar-refractivity contribution is -0.137. The van der Waals surface area contributed by atoms with Crippen LogP contribution in [0.5, 0.6) is 11.5 Å². The smallest absolute Gasteiger partial charge is 0.416 e. The van der Waals surface area contributed by atoms with Gasteiger partial charge in [-0.3, -0.25) is 9.52 Å². The fraction of sp³-hybridized carbons (Fsp3) is 0.174. The van der Waals surface area contributed by atoms with Gasteiger partial charge in [-0.1, -0.05) is 12.1 Å². The Labute approximate surface area is 193 Å². The highest BCUT2D eigenvalue weighted by molar-refractivity contribution is 7.92. The van der Waals surface area contributed by atoms with E-state index in [0.29, 0.717) is 30.3 Å². The van der Waals surface area contributed by atoms with Crippen LogP contribution in [0.2, 0.25) is 0 Å². The zero-order valence-corrected chi connectivity index (χ0v) is 18.6. The summed E-state index contributed by atoms with van der Waals surface area (Å²) in [6.07, 6.45) is -4.57. The number of halogens is 3. The van der Waals surface area contributed by atoms with E-state index in [1.54, 1.807) is 13.0 Å². The van der Waals surface area contributed by atoms with Gasteiger partial charge in [-0.15, -0.1) is 0 Å². The number of carbonyl (C=O) groups excluding carboxylic acids is 1. The molecule has 0 aromatic heterocycles. The highest BCUT2D eigenvalue weighted by atomic mass is 32.2. The third kappa shape index (κ3) is 5.09. The molecule has 7 nitrogen and oxygen atoms in total. The van der Waals surface area contributed by atoms with E-state index in [4.69, 9.17) is 9.47 Å². The Hall–Kier alpha value is -3.73. The van der Waals surface area contributed by atoms with Crippen molar-refractivity contribution in [2.24, 2.45) is 0 Å². The molecule has 0 saturated heterocycles. The summed E-state index contributed by atoms with van der Waals surface area (Å²) in [4.78, 5) is 12.6. The number of nitrogens with one attached hydrogen (secondary N) is 2. The monoisotopic (exact) mass is 492 g/mol. The summed E-state index contributed by atoms with van der Waals surface area (Å²) in [7, 11) is -4.09. The summed E-state index contributed by atoms with van der Waals surface area (Å²) in [5, 5.41) is 2.39. The number of ether oxygens (including phenoxy) is 2. The minimum Gasteiger partial charge on any atom is -0.486 e. The molecule has 1 amide bonds. The van der Waals surface area contributed by atoms with Crippen LogP contribution in [0.3, 0.4) is 0 Å². The molecule has 34 heavy (non-hydrogen) atoms. The maximum atomic E-state index is 12.9. The molecule has 11 heteroatoms. The van der Waals surface area contributed by atoms with Crippen LogP contribution in [0.25, 0.3) is 0 Å². The third-order valence-corrected chi connectivity index (χ3v) is 6.39. The molecule has 0 spiro atoms. The number of hydrogen-bond acceptors (Lipinski definition) is 5. The topological polar surface area (TPSA) is 93.7 Å². The van der Waals surface area contributed by atoms with Gasteiger partial charge in [0.2, 0.25) is 0 Å². The molecule has 0 unspecified atom stereocenters. The maximum Gasteiger partial charge on any atom is 0.416 e. The zero-order chi connectivity index (χ0) is 24.5. The summed E-state index contributed by atoms with van der Waals surface area (Å²) in [6.45, 7) is 2.32. The minimum absolute atomic E-state index is 0.00228. The number of anilines is 2. The highest BCUT2D eigenvalue weighted by Crippen LogP contribution is 2.34. The molecule has 0 fully saturated rings. The molecule has 0 radical (unpaired) electrons. The molecule has 178 valence electrons. The van der Waals surface area contributed by atoms with Crippen LogP contribution in [0, 0.1) is 6.92 Å². The number of carbonyl (C=O) groups is 1. The van der Waals surface area contributed by atoms with Crippen LogP contribution >= 0.6 is 0 Å². The molecular weight excluding hydrogens is 473 g/mol. The molecule has 3 aromatic rings. The number of aryl methyl sites for hydroxylation is 1. The van der Waals surface area contributed by atoms with E-state index in [2.05, 4.69) is 10.0 Å². The summed E-state index contributed by atoms with van der Waals surface area (Å²) in [6, 6.07) is 12.7. The molecule has 4 rings (SSSR count). The van der Waals surface area contributed by atoms with E-state index in [0.717, 1.165) is 12.1 Å². The normalized spacial score (nSPS) is 13.3. The standard InChI is InChI=1S/C23H19F3N2O5S/c1-14-5-7-18(34(30,31)28-17-6-8-20-21(12-17)33-10-9-32-20)13-19(14)22(29)27-16-4-2-3-15(11-16)23(24,25)26/h2-8,11-13,28H,9-10H2,1H3,(H,27,29). The highest BCUT2D eigenvalue weighted by Gasteiger charge is 2.30. The largest absolute Gasteiger partial charge is 0.486 e. The van der Waals surface area contributed by atoms with E-state index >= 15 is 0 Å². The molecule has 0 saturated carbocycles. The second-order valence-corrected chi connectivity index (χ2v) is 9.16. The van der Waals surface area contributed by atoms with Crippen molar-refractivity contribution in [2.75, 3.05) is 23.3 Å². The van der Waals surface area contributed by atoms with E-state index < -0.39 is 27.7 Å². The Morgan fingerprint density at radius 1 is 0.912 bits per heavy atom. The minimum atomic E-state index is -4.57. The Morgan fingerprint density at radius 2 is 1.65 bits per heavy atom. The van der Waals surface area contributed by atoms with Crippen LogP contribution < -0.4 is 19.5 Å². The zero-order valence-electron chi connectivity index (χ0n) is 17.8. The molecule has 0 bridgehead atoms. The van der Waals surface area contributed by atoms with E-state index in [-0.39, 0.29) is 21.8 Å². The molecule has 1 aliphatic rings. The predicted octanol–water partition coefficient (Wildman–Crippen LogP) is 4.84. The summed E-state index contributed by atoms with van der Waals surface area (Å²) >= 11 is 0. The molecule has 0 atom stereocenters. The molecule has 3 aromatic carbocycles.